The zero-order valence-electron chi connectivity index (χ0n) is 15.3. The Morgan fingerprint density at radius 2 is 2.12 bits per heavy atom. The summed E-state index contributed by atoms with van der Waals surface area (Å²) in [5.74, 6) is 5.75. The second kappa shape index (κ2) is 7.72. The summed E-state index contributed by atoms with van der Waals surface area (Å²) in [5.41, 5.74) is 1.38. The van der Waals surface area contributed by atoms with E-state index in [1.54, 1.807) is 26.1 Å². The van der Waals surface area contributed by atoms with Crippen LogP contribution in [0.15, 0.2) is 48.8 Å². The predicted octanol–water partition coefficient (Wildman–Crippen LogP) is 3.57. The summed E-state index contributed by atoms with van der Waals surface area (Å²) >= 11 is 0. The van der Waals surface area contributed by atoms with Crippen LogP contribution in [0.4, 0.5) is 0 Å². The second-order valence-corrected chi connectivity index (χ2v) is 7.19. The number of hydrogen-bond acceptors (Lipinski definition) is 3. The highest BCUT2D eigenvalue weighted by Gasteiger charge is 2.28. The molecular formula is C22H24N2O2. The lowest BCUT2D eigenvalue weighted by molar-refractivity contribution is 0.0611. The van der Waals surface area contributed by atoms with Crippen molar-refractivity contribution >= 4 is 5.91 Å². The fourth-order valence-corrected chi connectivity index (χ4v) is 3.22. The maximum atomic E-state index is 13.1. The molecule has 0 spiro atoms. The van der Waals surface area contributed by atoms with Gasteiger partial charge in [-0.3, -0.25) is 9.78 Å². The van der Waals surface area contributed by atoms with Gasteiger partial charge in [-0.05, 0) is 62.9 Å². The number of carbonyl (C=O) groups excluding carboxylic acids is 1. The Hall–Kier alpha value is -2.64. The minimum absolute atomic E-state index is 0.0189. The van der Waals surface area contributed by atoms with Crippen LogP contribution in [0.1, 0.15) is 60.6 Å². The van der Waals surface area contributed by atoms with Crippen molar-refractivity contribution in [2.24, 2.45) is 0 Å². The number of aromatic nitrogens is 1. The number of pyridine rings is 1. The molecule has 4 heteroatoms. The normalized spacial score (nSPS) is 17.3. The molecule has 1 aromatic carbocycles. The largest absolute Gasteiger partial charge is 0.378 e. The number of likely N-dealkylation sites (tertiary alicyclic amines) is 1. The first-order chi connectivity index (χ1) is 12.4. The van der Waals surface area contributed by atoms with Crippen LogP contribution >= 0.6 is 0 Å². The number of hydrogen-bond donors (Lipinski definition) is 1. The quantitative estimate of drug-likeness (QED) is 0.844. The Morgan fingerprint density at radius 1 is 1.27 bits per heavy atom. The molecule has 4 nitrogen and oxygen atoms in total. The number of amides is 1. The van der Waals surface area contributed by atoms with Gasteiger partial charge in [-0.1, -0.05) is 24.0 Å². The Morgan fingerprint density at radius 3 is 2.85 bits per heavy atom. The van der Waals surface area contributed by atoms with E-state index in [0.717, 1.165) is 36.9 Å². The topological polar surface area (TPSA) is 53.4 Å². The fourth-order valence-electron chi connectivity index (χ4n) is 3.22. The van der Waals surface area contributed by atoms with Gasteiger partial charge in [0.2, 0.25) is 0 Å². The highest BCUT2D eigenvalue weighted by molar-refractivity contribution is 5.95. The second-order valence-electron chi connectivity index (χ2n) is 7.19. The molecule has 3 rings (SSSR count). The van der Waals surface area contributed by atoms with Gasteiger partial charge in [-0.25, -0.2) is 0 Å². The maximum Gasteiger partial charge on any atom is 0.254 e. The summed E-state index contributed by atoms with van der Waals surface area (Å²) in [5, 5.41) is 9.77. The van der Waals surface area contributed by atoms with Crippen LogP contribution in [0, 0.1) is 11.8 Å². The maximum absolute atomic E-state index is 13.1. The van der Waals surface area contributed by atoms with E-state index in [1.807, 2.05) is 41.4 Å². The van der Waals surface area contributed by atoms with E-state index in [2.05, 4.69) is 16.8 Å². The molecule has 0 aliphatic carbocycles. The molecule has 1 amide bonds. The molecule has 1 atom stereocenters. The minimum Gasteiger partial charge on any atom is -0.378 e. The van der Waals surface area contributed by atoms with E-state index in [4.69, 9.17) is 0 Å². The van der Waals surface area contributed by atoms with Gasteiger partial charge in [0.1, 0.15) is 5.60 Å². The lowest BCUT2D eigenvalue weighted by atomic mass is 9.95. The van der Waals surface area contributed by atoms with Gasteiger partial charge in [0.05, 0.1) is 6.04 Å². The zero-order valence-corrected chi connectivity index (χ0v) is 15.3. The first kappa shape index (κ1) is 18.2. The smallest absolute Gasteiger partial charge is 0.254 e. The molecule has 1 aliphatic heterocycles. The summed E-state index contributed by atoms with van der Waals surface area (Å²) < 4.78 is 0. The number of piperidine rings is 1. The highest BCUT2D eigenvalue weighted by atomic mass is 16.3. The molecule has 0 radical (unpaired) electrons. The molecule has 0 bridgehead atoms. The van der Waals surface area contributed by atoms with Crippen molar-refractivity contribution in [2.75, 3.05) is 6.54 Å². The van der Waals surface area contributed by atoms with Crippen molar-refractivity contribution in [1.82, 2.24) is 9.88 Å². The average molecular weight is 348 g/mol. The molecule has 0 unspecified atom stereocenters. The fraction of sp³-hybridized carbons (Fsp3) is 0.364. The van der Waals surface area contributed by atoms with Gasteiger partial charge in [-0.2, -0.15) is 0 Å². The summed E-state index contributed by atoms with van der Waals surface area (Å²) in [4.78, 5) is 19.3. The standard InChI is InChI=1S/C22H24N2O2/c1-22(2,26)12-11-17-7-5-8-18(15-17)21(25)24-14-4-3-10-20(24)19-9-6-13-23-16-19/h5-9,13,15-16,20,26H,3-4,10,14H2,1-2H3/t20-/m1/s1. The van der Waals surface area contributed by atoms with Crippen molar-refractivity contribution in [3.63, 3.8) is 0 Å². The van der Waals surface area contributed by atoms with E-state index < -0.39 is 5.60 Å². The van der Waals surface area contributed by atoms with Gasteiger partial charge in [0, 0.05) is 30.1 Å². The Bertz CT molecular complexity index is 828. The third kappa shape index (κ3) is 4.50. The zero-order chi connectivity index (χ0) is 18.6. The number of rotatable bonds is 2. The lowest BCUT2D eigenvalue weighted by Gasteiger charge is -2.36. The molecule has 1 saturated heterocycles. The van der Waals surface area contributed by atoms with E-state index >= 15 is 0 Å². The van der Waals surface area contributed by atoms with Gasteiger partial charge < -0.3 is 10.0 Å². The van der Waals surface area contributed by atoms with Crippen LogP contribution in [-0.4, -0.2) is 33.0 Å². The van der Waals surface area contributed by atoms with Crippen molar-refractivity contribution in [2.45, 2.75) is 44.8 Å². The van der Waals surface area contributed by atoms with Crippen LogP contribution < -0.4 is 0 Å². The molecule has 134 valence electrons. The third-order valence-electron chi connectivity index (χ3n) is 4.46. The van der Waals surface area contributed by atoms with Crippen LogP contribution in [0.5, 0.6) is 0 Å². The molecule has 1 aliphatic rings. The van der Waals surface area contributed by atoms with E-state index in [-0.39, 0.29) is 11.9 Å². The number of aliphatic hydroxyl groups is 1. The molecule has 2 aromatic rings. The lowest BCUT2D eigenvalue weighted by Crippen LogP contribution is -2.38. The Balaban J connectivity index is 1.86. The first-order valence-corrected chi connectivity index (χ1v) is 9.00. The van der Waals surface area contributed by atoms with Crippen LogP contribution in [0.25, 0.3) is 0 Å². The average Bonchev–Trinajstić information content (AvgIpc) is 2.66. The van der Waals surface area contributed by atoms with Gasteiger partial charge >= 0.3 is 0 Å². The molecule has 26 heavy (non-hydrogen) atoms. The summed E-state index contributed by atoms with van der Waals surface area (Å²) in [6.07, 6.45) is 6.68. The SMILES string of the molecule is CC(C)(O)C#Cc1cccc(C(=O)N2CCCC[C@@H]2c2cccnc2)c1. The number of benzene rings is 1. The summed E-state index contributed by atoms with van der Waals surface area (Å²) in [7, 11) is 0. The minimum atomic E-state index is -1.06. The van der Waals surface area contributed by atoms with E-state index in [1.165, 1.54) is 0 Å². The number of nitrogens with zero attached hydrogens (tertiary/aromatic N) is 2. The molecule has 1 N–H and O–H groups in total. The van der Waals surface area contributed by atoms with Gasteiger partial charge in [-0.15, -0.1) is 0 Å². The van der Waals surface area contributed by atoms with E-state index in [9.17, 15) is 9.90 Å². The summed E-state index contributed by atoms with van der Waals surface area (Å²) in [6.45, 7) is 4.03. The monoisotopic (exact) mass is 348 g/mol. The molecular weight excluding hydrogens is 324 g/mol. The van der Waals surface area contributed by atoms with Crippen LogP contribution in [-0.2, 0) is 0 Å². The van der Waals surface area contributed by atoms with Crippen molar-refractivity contribution in [3.05, 3.63) is 65.5 Å². The van der Waals surface area contributed by atoms with Crippen molar-refractivity contribution in [1.29, 1.82) is 0 Å². The van der Waals surface area contributed by atoms with Crippen LogP contribution in [0.3, 0.4) is 0 Å². The Kier molecular flexibility index (Phi) is 5.39. The molecule has 1 aromatic heterocycles. The highest BCUT2D eigenvalue weighted by Crippen LogP contribution is 2.31. The van der Waals surface area contributed by atoms with E-state index in [0.29, 0.717) is 5.56 Å². The molecule has 1 fully saturated rings. The molecule has 2 heterocycles. The van der Waals surface area contributed by atoms with Crippen LogP contribution in [0.2, 0.25) is 0 Å². The Labute approximate surface area is 154 Å². The number of carbonyl (C=O) groups is 1. The predicted molar refractivity (Wildman–Crippen MR) is 101 cm³/mol. The summed E-state index contributed by atoms with van der Waals surface area (Å²) in [6, 6.07) is 11.3. The van der Waals surface area contributed by atoms with Gasteiger partial charge in [0.25, 0.3) is 5.91 Å². The van der Waals surface area contributed by atoms with Gasteiger partial charge in [0.15, 0.2) is 0 Å². The van der Waals surface area contributed by atoms with Crippen molar-refractivity contribution < 1.29 is 9.90 Å². The molecule has 0 saturated carbocycles. The third-order valence-corrected chi connectivity index (χ3v) is 4.46. The first-order valence-electron chi connectivity index (χ1n) is 9.00. The van der Waals surface area contributed by atoms with Crippen molar-refractivity contribution in [3.8, 4) is 11.8 Å².